The Kier molecular flexibility index (Phi) is 5.62. The molecule has 188 valence electrons. The standard InChI is InChI=1S/C29H25FN8/c30-23-7-3-2-6-21(23)25-27-24(8-9-32-25)34-29(35-27)26-22-13-20(16-33-28(22)37-36-26)19-12-18(14-31-15-19)17-38-10-4-1-5-11-38/h2-3,6-9,12-16H,1,4-5,10-11,17H2,(H,34,35)(H,33,36,37). The molecule has 9 heteroatoms. The largest absolute Gasteiger partial charge is 0.336 e. The first-order chi connectivity index (χ1) is 18.7. The summed E-state index contributed by atoms with van der Waals surface area (Å²) in [5.74, 6) is 0.222. The predicted molar refractivity (Wildman–Crippen MR) is 145 cm³/mol. The molecule has 6 aromatic rings. The number of H-pyrrole nitrogens is 2. The molecule has 1 aliphatic heterocycles. The number of rotatable bonds is 5. The molecule has 0 aliphatic carbocycles. The van der Waals surface area contributed by atoms with Crippen LogP contribution in [0.15, 0.2) is 67.3 Å². The van der Waals surface area contributed by atoms with E-state index in [9.17, 15) is 4.39 Å². The molecule has 0 saturated carbocycles. The van der Waals surface area contributed by atoms with Crippen LogP contribution in [0.1, 0.15) is 24.8 Å². The Bertz CT molecular complexity index is 1770. The number of hydrogen-bond donors (Lipinski definition) is 2. The minimum absolute atomic E-state index is 0.341. The van der Waals surface area contributed by atoms with Gasteiger partial charge in [0.2, 0.25) is 0 Å². The lowest BCUT2D eigenvalue weighted by molar-refractivity contribution is 0.220. The number of benzene rings is 1. The second kappa shape index (κ2) is 9.42. The van der Waals surface area contributed by atoms with Crippen molar-refractivity contribution in [3.05, 3.63) is 78.6 Å². The molecule has 0 spiro atoms. The summed E-state index contributed by atoms with van der Waals surface area (Å²) in [6.45, 7) is 3.19. The van der Waals surface area contributed by atoms with Crippen LogP contribution in [-0.4, -0.2) is 53.1 Å². The van der Waals surface area contributed by atoms with Crippen molar-refractivity contribution in [3.63, 3.8) is 0 Å². The van der Waals surface area contributed by atoms with Gasteiger partial charge in [0.25, 0.3) is 0 Å². The van der Waals surface area contributed by atoms with Crippen molar-refractivity contribution in [2.24, 2.45) is 0 Å². The van der Waals surface area contributed by atoms with Gasteiger partial charge in [-0.2, -0.15) is 5.10 Å². The Morgan fingerprint density at radius 1 is 0.895 bits per heavy atom. The maximum Gasteiger partial charge on any atom is 0.159 e. The van der Waals surface area contributed by atoms with E-state index in [4.69, 9.17) is 4.98 Å². The average molecular weight is 505 g/mol. The molecule has 6 heterocycles. The Hall–Kier alpha value is -4.50. The van der Waals surface area contributed by atoms with Crippen molar-refractivity contribution in [1.29, 1.82) is 0 Å². The first-order valence-corrected chi connectivity index (χ1v) is 12.8. The minimum Gasteiger partial charge on any atom is -0.336 e. The molecule has 38 heavy (non-hydrogen) atoms. The van der Waals surface area contributed by atoms with Gasteiger partial charge in [-0.15, -0.1) is 0 Å². The minimum atomic E-state index is -0.341. The highest BCUT2D eigenvalue weighted by molar-refractivity contribution is 5.96. The molecule has 8 nitrogen and oxygen atoms in total. The van der Waals surface area contributed by atoms with Gasteiger partial charge in [-0.3, -0.25) is 20.0 Å². The lowest BCUT2D eigenvalue weighted by atomic mass is 10.1. The van der Waals surface area contributed by atoms with Crippen LogP contribution in [0.5, 0.6) is 0 Å². The summed E-state index contributed by atoms with van der Waals surface area (Å²) in [6, 6.07) is 12.7. The predicted octanol–water partition coefficient (Wildman–Crippen LogP) is 5.75. The van der Waals surface area contributed by atoms with Gasteiger partial charge >= 0.3 is 0 Å². The van der Waals surface area contributed by atoms with E-state index in [1.807, 2.05) is 24.7 Å². The summed E-state index contributed by atoms with van der Waals surface area (Å²) in [5, 5.41) is 8.36. The van der Waals surface area contributed by atoms with Crippen molar-refractivity contribution < 1.29 is 4.39 Å². The number of nitrogens with zero attached hydrogens (tertiary/aromatic N) is 6. The smallest absolute Gasteiger partial charge is 0.159 e. The number of likely N-dealkylation sites (tertiary alicyclic amines) is 1. The van der Waals surface area contributed by atoms with E-state index in [0.29, 0.717) is 33.9 Å². The Balaban J connectivity index is 1.26. The maximum atomic E-state index is 14.5. The van der Waals surface area contributed by atoms with Crippen LogP contribution in [0.4, 0.5) is 4.39 Å². The zero-order valence-corrected chi connectivity index (χ0v) is 20.7. The summed E-state index contributed by atoms with van der Waals surface area (Å²) in [7, 11) is 0. The number of pyridine rings is 3. The van der Waals surface area contributed by atoms with Crippen LogP contribution in [0.3, 0.4) is 0 Å². The number of fused-ring (bicyclic) bond motifs is 2. The number of halogens is 1. The molecule has 1 fully saturated rings. The normalized spacial score (nSPS) is 14.4. The molecule has 0 unspecified atom stereocenters. The number of piperidine rings is 1. The van der Waals surface area contributed by atoms with E-state index in [1.165, 1.54) is 30.9 Å². The number of hydrogen-bond acceptors (Lipinski definition) is 6. The van der Waals surface area contributed by atoms with E-state index in [0.717, 1.165) is 41.7 Å². The van der Waals surface area contributed by atoms with E-state index in [2.05, 4.69) is 47.2 Å². The van der Waals surface area contributed by atoms with Gasteiger partial charge in [0.15, 0.2) is 11.5 Å². The van der Waals surface area contributed by atoms with Crippen molar-refractivity contribution in [3.8, 4) is 33.9 Å². The Morgan fingerprint density at radius 3 is 2.66 bits per heavy atom. The molecule has 1 aromatic carbocycles. The van der Waals surface area contributed by atoms with Gasteiger partial charge in [-0.25, -0.2) is 14.4 Å². The zero-order valence-electron chi connectivity index (χ0n) is 20.7. The fourth-order valence-electron chi connectivity index (χ4n) is 5.25. The summed E-state index contributed by atoms with van der Waals surface area (Å²) in [5.41, 5.74) is 6.70. The molecular formula is C29H25FN8. The number of nitrogens with one attached hydrogen (secondary N) is 2. The highest BCUT2D eigenvalue weighted by Crippen LogP contribution is 2.32. The van der Waals surface area contributed by atoms with Gasteiger partial charge in [0.1, 0.15) is 22.7 Å². The van der Waals surface area contributed by atoms with Crippen LogP contribution in [-0.2, 0) is 6.54 Å². The number of imidazole rings is 1. The number of aromatic nitrogens is 7. The molecule has 1 aliphatic rings. The van der Waals surface area contributed by atoms with Crippen molar-refractivity contribution in [1.82, 2.24) is 40.0 Å². The highest BCUT2D eigenvalue weighted by Gasteiger charge is 2.18. The van der Waals surface area contributed by atoms with Crippen LogP contribution in [0.25, 0.3) is 56.0 Å². The third kappa shape index (κ3) is 4.10. The van der Waals surface area contributed by atoms with Gasteiger partial charge < -0.3 is 4.98 Å². The summed E-state index contributed by atoms with van der Waals surface area (Å²) in [6.07, 6.45) is 11.1. The average Bonchev–Trinajstić information content (AvgIpc) is 3.58. The van der Waals surface area contributed by atoms with E-state index in [-0.39, 0.29) is 5.82 Å². The van der Waals surface area contributed by atoms with Gasteiger partial charge in [-0.05, 0) is 61.8 Å². The molecule has 0 amide bonds. The van der Waals surface area contributed by atoms with Gasteiger partial charge in [0.05, 0.1) is 10.9 Å². The van der Waals surface area contributed by atoms with E-state index >= 15 is 0 Å². The first-order valence-electron chi connectivity index (χ1n) is 12.8. The highest BCUT2D eigenvalue weighted by atomic mass is 19.1. The zero-order chi connectivity index (χ0) is 25.5. The third-order valence-electron chi connectivity index (χ3n) is 7.15. The third-order valence-corrected chi connectivity index (χ3v) is 7.15. The summed E-state index contributed by atoms with van der Waals surface area (Å²) >= 11 is 0. The number of aromatic amines is 2. The lowest BCUT2D eigenvalue weighted by Crippen LogP contribution is -2.29. The molecule has 0 atom stereocenters. The SMILES string of the molecule is Fc1ccccc1-c1nccc2[nH]c(-c3n[nH]c4ncc(-c5cncc(CN6CCCCC6)c5)cc34)nc12. The first kappa shape index (κ1) is 22.7. The Labute approximate surface area is 218 Å². The molecule has 1 saturated heterocycles. The van der Waals surface area contributed by atoms with Crippen molar-refractivity contribution in [2.75, 3.05) is 13.1 Å². The van der Waals surface area contributed by atoms with Crippen LogP contribution in [0.2, 0.25) is 0 Å². The maximum absolute atomic E-state index is 14.5. The fraction of sp³-hybridized carbons (Fsp3) is 0.207. The van der Waals surface area contributed by atoms with Crippen LogP contribution < -0.4 is 0 Å². The van der Waals surface area contributed by atoms with E-state index < -0.39 is 0 Å². The lowest BCUT2D eigenvalue weighted by Gasteiger charge is -2.26. The summed E-state index contributed by atoms with van der Waals surface area (Å²) in [4.78, 5) is 24.2. The van der Waals surface area contributed by atoms with Crippen LogP contribution in [0, 0.1) is 5.82 Å². The van der Waals surface area contributed by atoms with Crippen LogP contribution >= 0.6 is 0 Å². The summed E-state index contributed by atoms with van der Waals surface area (Å²) < 4.78 is 14.5. The molecular weight excluding hydrogens is 479 g/mol. The molecule has 7 rings (SSSR count). The fourth-order valence-corrected chi connectivity index (χ4v) is 5.25. The molecule has 0 bridgehead atoms. The van der Waals surface area contributed by atoms with E-state index in [1.54, 1.807) is 24.4 Å². The quantitative estimate of drug-likeness (QED) is 0.310. The second-order valence-electron chi connectivity index (χ2n) is 9.73. The topological polar surface area (TPSA) is 99.3 Å². The van der Waals surface area contributed by atoms with Gasteiger partial charge in [0, 0.05) is 48.0 Å². The van der Waals surface area contributed by atoms with Gasteiger partial charge in [-0.1, -0.05) is 18.6 Å². The van der Waals surface area contributed by atoms with Crippen molar-refractivity contribution in [2.45, 2.75) is 25.8 Å². The monoisotopic (exact) mass is 504 g/mol. The van der Waals surface area contributed by atoms with Crippen molar-refractivity contribution >= 4 is 22.1 Å². The second-order valence-corrected chi connectivity index (χ2v) is 9.73. The molecule has 2 N–H and O–H groups in total. The Morgan fingerprint density at radius 2 is 1.76 bits per heavy atom. The molecule has 5 aromatic heterocycles. The molecule has 0 radical (unpaired) electrons.